The molecular formula is C11H9ClN2O5S2. The van der Waals surface area contributed by atoms with Crippen LogP contribution in [0.4, 0.5) is 0 Å². The first-order chi connectivity index (χ1) is 9.79. The molecule has 1 aromatic heterocycles. The molecule has 0 atom stereocenters. The smallest absolute Gasteiger partial charge is 0.337 e. The monoisotopic (exact) mass is 348 g/mol. The molecule has 0 spiro atoms. The van der Waals surface area contributed by atoms with E-state index in [4.69, 9.17) is 16.7 Å². The fraction of sp³-hybridized carbons (Fsp3) is 0.0909. The molecule has 0 aliphatic carbocycles. The Balaban J connectivity index is 2.21. The Morgan fingerprint density at radius 1 is 1.43 bits per heavy atom. The third-order valence-electron chi connectivity index (χ3n) is 2.50. The van der Waals surface area contributed by atoms with Gasteiger partial charge in [0.2, 0.25) is 10.0 Å². The summed E-state index contributed by atoms with van der Waals surface area (Å²) in [4.78, 5) is 23.8. The Labute approximate surface area is 128 Å². The Morgan fingerprint density at radius 2 is 2.14 bits per heavy atom. The summed E-state index contributed by atoms with van der Waals surface area (Å²) >= 11 is 6.66. The van der Waals surface area contributed by atoms with Crippen molar-refractivity contribution in [1.82, 2.24) is 9.71 Å². The van der Waals surface area contributed by atoms with Gasteiger partial charge in [0.05, 0.1) is 22.0 Å². The number of aromatic amines is 1. The maximum absolute atomic E-state index is 12.0. The molecule has 0 aliphatic heterocycles. The molecule has 0 fully saturated rings. The lowest BCUT2D eigenvalue weighted by Gasteiger charge is -2.07. The molecule has 2 aromatic rings. The van der Waals surface area contributed by atoms with Gasteiger partial charge in [-0.2, -0.15) is 0 Å². The molecule has 0 aliphatic rings. The van der Waals surface area contributed by atoms with Gasteiger partial charge in [0.1, 0.15) is 0 Å². The molecule has 0 saturated carbocycles. The topological polar surface area (TPSA) is 116 Å². The second kappa shape index (κ2) is 5.98. The van der Waals surface area contributed by atoms with Crippen molar-refractivity contribution in [3.63, 3.8) is 0 Å². The molecular weight excluding hydrogens is 340 g/mol. The first-order valence-electron chi connectivity index (χ1n) is 5.49. The van der Waals surface area contributed by atoms with Crippen molar-refractivity contribution in [2.75, 3.05) is 0 Å². The van der Waals surface area contributed by atoms with Crippen molar-refractivity contribution in [3.05, 3.63) is 49.5 Å². The molecule has 3 N–H and O–H groups in total. The normalized spacial score (nSPS) is 11.5. The lowest BCUT2D eigenvalue weighted by molar-refractivity contribution is 0.0697. The van der Waals surface area contributed by atoms with Gasteiger partial charge in [0.25, 0.3) is 0 Å². The number of hydrogen-bond acceptors (Lipinski definition) is 5. The van der Waals surface area contributed by atoms with Gasteiger partial charge >= 0.3 is 10.8 Å². The second-order valence-electron chi connectivity index (χ2n) is 3.94. The van der Waals surface area contributed by atoms with E-state index in [1.807, 2.05) is 0 Å². The third kappa shape index (κ3) is 3.70. The van der Waals surface area contributed by atoms with E-state index in [2.05, 4.69) is 9.71 Å². The van der Waals surface area contributed by atoms with Crippen molar-refractivity contribution in [2.24, 2.45) is 0 Å². The summed E-state index contributed by atoms with van der Waals surface area (Å²) in [7, 11) is -3.86. The molecule has 0 amide bonds. The van der Waals surface area contributed by atoms with Crippen LogP contribution in [0.25, 0.3) is 0 Å². The number of hydrogen-bond donors (Lipinski definition) is 3. The first-order valence-corrected chi connectivity index (χ1v) is 8.23. The van der Waals surface area contributed by atoms with Crippen molar-refractivity contribution < 1.29 is 18.3 Å². The van der Waals surface area contributed by atoms with Crippen LogP contribution in [0.5, 0.6) is 0 Å². The standard InChI is InChI=1S/C11H9ClN2O5S2/c12-9-3-7(1-2-8(9)10(15)16)21(18,19)13-4-6-5-20-11(17)14-6/h1-3,5,13H,4H2,(H,14,17)(H,15,16). The van der Waals surface area contributed by atoms with E-state index in [1.54, 1.807) is 0 Å². The fourth-order valence-corrected chi connectivity index (χ4v) is 3.43. The maximum atomic E-state index is 12.0. The summed E-state index contributed by atoms with van der Waals surface area (Å²) in [5.41, 5.74) is 0.250. The highest BCUT2D eigenvalue weighted by molar-refractivity contribution is 7.89. The zero-order valence-electron chi connectivity index (χ0n) is 10.3. The van der Waals surface area contributed by atoms with E-state index in [-0.39, 0.29) is 26.9 Å². The Hall–Kier alpha value is -1.68. The van der Waals surface area contributed by atoms with E-state index in [0.29, 0.717) is 5.69 Å². The minimum Gasteiger partial charge on any atom is -0.478 e. The third-order valence-corrected chi connectivity index (χ3v) is 4.93. The highest BCUT2D eigenvalue weighted by atomic mass is 35.5. The minimum atomic E-state index is -3.86. The summed E-state index contributed by atoms with van der Waals surface area (Å²) in [6, 6.07) is 3.32. The number of aromatic carboxylic acids is 1. The van der Waals surface area contributed by atoms with Gasteiger partial charge < -0.3 is 10.1 Å². The van der Waals surface area contributed by atoms with Gasteiger partial charge in [-0.15, -0.1) is 0 Å². The Bertz CT molecular complexity index is 840. The summed E-state index contributed by atoms with van der Waals surface area (Å²) in [5, 5.41) is 10.2. The van der Waals surface area contributed by atoms with Gasteiger partial charge in [-0.25, -0.2) is 17.9 Å². The Morgan fingerprint density at radius 3 is 2.67 bits per heavy atom. The molecule has 2 rings (SSSR count). The summed E-state index contributed by atoms with van der Waals surface area (Å²) < 4.78 is 26.4. The largest absolute Gasteiger partial charge is 0.478 e. The number of thiazole rings is 1. The number of aromatic nitrogens is 1. The van der Waals surface area contributed by atoms with Crippen LogP contribution in [0.2, 0.25) is 5.02 Å². The number of rotatable bonds is 5. The van der Waals surface area contributed by atoms with Crippen molar-refractivity contribution in [2.45, 2.75) is 11.4 Å². The maximum Gasteiger partial charge on any atom is 0.337 e. The zero-order valence-corrected chi connectivity index (χ0v) is 12.7. The minimum absolute atomic E-state index is 0.0840. The number of nitrogens with one attached hydrogen (secondary N) is 2. The van der Waals surface area contributed by atoms with Crippen molar-refractivity contribution >= 4 is 38.9 Å². The second-order valence-corrected chi connectivity index (χ2v) is 6.96. The predicted molar refractivity (Wildman–Crippen MR) is 77.4 cm³/mol. The lowest BCUT2D eigenvalue weighted by Crippen LogP contribution is -2.23. The fourth-order valence-electron chi connectivity index (χ4n) is 1.49. The molecule has 1 heterocycles. The number of carbonyl (C=O) groups is 1. The highest BCUT2D eigenvalue weighted by Gasteiger charge is 2.17. The molecule has 0 radical (unpaired) electrons. The highest BCUT2D eigenvalue weighted by Crippen LogP contribution is 2.21. The molecule has 7 nitrogen and oxygen atoms in total. The van der Waals surface area contributed by atoms with Crippen LogP contribution in [0, 0.1) is 0 Å². The molecule has 0 bridgehead atoms. The van der Waals surface area contributed by atoms with Crippen LogP contribution >= 0.6 is 22.9 Å². The van der Waals surface area contributed by atoms with Crippen LogP contribution < -0.4 is 9.60 Å². The molecule has 21 heavy (non-hydrogen) atoms. The van der Waals surface area contributed by atoms with E-state index in [9.17, 15) is 18.0 Å². The van der Waals surface area contributed by atoms with Crippen LogP contribution in [-0.2, 0) is 16.6 Å². The van der Waals surface area contributed by atoms with Gasteiger partial charge in [-0.1, -0.05) is 22.9 Å². The average Bonchev–Trinajstić information content (AvgIpc) is 2.82. The number of carboxylic acid groups (broad SMARTS) is 1. The van der Waals surface area contributed by atoms with Crippen LogP contribution in [0.1, 0.15) is 16.1 Å². The average molecular weight is 349 g/mol. The van der Waals surface area contributed by atoms with Gasteiger partial charge in [-0.3, -0.25) is 4.79 Å². The quantitative estimate of drug-likeness (QED) is 0.752. The SMILES string of the molecule is O=C(O)c1ccc(S(=O)(=O)NCc2csc(=O)[nH]2)cc1Cl. The van der Waals surface area contributed by atoms with E-state index in [1.165, 1.54) is 5.38 Å². The number of benzene rings is 1. The Kier molecular flexibility index (Phi) is 4.47. The summed E-state index contributed by atoms with van der Waals surface area (Å²) in [5.74, 6) is -1.24. The molecule has 0 saturated heterocycles. The van der Waals surface area contributed by atoms with E-state index >= 15 is 0 Å². The summed E-state index contributed by atoms with van der Waals surface area (Å²) in [6.07, 6.45) is 0. The predicted octanol–water partition coefficient (Wildman–Crippen LogP) is 1.27. The zero-order chi connectivity index (χ0) is 15.6. The molecule has 0 unspecified atom stereocenters. The van der Waals surface area contributed by atoms with Crippen LogP contribution in [0.15, 0.2) is 33.3 Å². The molecule has 112 valence electrons. The van der Waals surface area contributed by atoms with Gasteiger partial charge in [0.15, 0.2) is 0 Å². The molecule has 10 heteroatoms. The van der Waals surface area contributed by atoms with Crippen LogP contribution in [0.3, 0.4) is 0 Å². The lowest BCUT2D eigenvalue weighted by atomic mass is 10.2. The van der Waals surface area contributed by atoms with Crippen LogP contribution in [-0.4, -0.2) is 24.5 Å². The number of H-pyrrole nitrogens is 1. The first kappa shape index (κ1) is 15.7. The number of halogens is 1. The summed E-state index contributed by atoms with van der Waals surface area (Å²) in [6.45, 7) is -0.0840. The van der Waals surface area contributed by atoms with E-state index < -0.39 is 16.0 Å². The number of sulfonamides is 1. The number of carboxylic acids is 1. The van der Waals surface area contributed by atoms with Crippen molar-refractivity contribution in [1.29, 1.82) is 0 Å². The van der Waals surface area contributed by atoms with E-state index in [0.717, 1.165) is 29.5 Å². The van der Waals surface area contributed by atoms with Crippen molar-refractivity contribution in [3.8, 4) is 0 Å². The van der Waals surface area contributed by atoms with Gasteiger partial charge in [0, 0.05) is 11.1 Å². The van der Waals surface area contributed by atoms with Gasteiger partial charge in [-0.05, 0) is 18.2 Å². The molecule has 1 aromatic carbocycles.